The molecule has 0 bridgehead atoms. The van der Waals surface area contributed by atoms with E-state index >= 15 is 0 Å². The Labute approximate surface area is 130 Å². The highest BCUT2D eigenvalue weighted by Gasteiger charge is 2.19. The van der Waals surface area contributed by atoms with Crippen LogP contribution >= 0.6 is 0 Å². The van der Waals surface area contributed by atoms with Gasteiger partial charge >= 0.3 is 23.9 Å². The van der Waals surface area contributed by atoms with E-state index < -0.39 is 30.0 Å². The molecule has 2 N–H and O–H groups in total. The summed E-state index contributed by atoms with van der Waals surface area (Å²) in [4.78, 5) is 44.3. The Bertz CT molecular complexity index is 647. The monoisotopic (exact) mass is 322 g/mol. The Kier molecular flexibility index (Phi) is 6.47. The van der Waals surface area contributed by atoms with Crippen LogP contribution in [0.4, 0.5) is 0 Å². The highest BCUT2D eigenvalue weighted by atomic mass is 16.6. The fraction of sp³-hybridized carbons (Fsp3) is 0.200. The molecule has 0 radical (unpaired) electrons. The summed E-state index contributed by atoms with van der Waals surface area (Å²) in [7, 11) is 0. The van der Waals surface area contributed by atoms with E-state index in [-0.39, 0.29) is 17.7 Å². The maximum absolute atomic E-state index is 11.9. The molecule has 0 spiro atoms. The Balaban J connectivity index is 2.59. The Morgan fingerprint density at radius 3 is 2.26 bits per heavy atom. The molecule has 122 valence electrons. The molecular weight excluding hydrogens is 308 g/mol. The maximum Gasteiger partial charge on any atom is 0.339 e. The van der Waals surface area contributed by atoms with Gasteiger partial charge in [-0.25, -0.2) is 19.2 Å². The average Bonchev–Trinajstić information content (AvgIpc) is 2.50. The van der Waals surface area contributed by atoms with Crippen LogP contribution in [0.1, 0.15) is 27.6 Å². The van der Waals surface area contributed by atoms with Crippen LogP contribution < -0.4 is 0 Å². The highest BCUT2D eigenvalue weighted by molar-refractivity contribution is 6.02. The zero-order valence-corrected chi connectivity index (χ0v) is 12.1. The molecule has 8 nitrogen and oxygen atoms in total. The molecule has 1 aromatic rings. The van der Waals surface area contributed by atoms with Gasteiger partial charge in [-0.2, -0.15) is 0 Å². The number of carbonyl (C=O) groups excluding carboxylic acids is 2. The fourth-order valence-corrected chi connectivity index (χ4v) is 1.51. The summed E-state index contributed by atoms with van der Waals surface area (Å²) in [6, 6.07) is 5.53. The minimum atomic E-state index is -1.30. The Morgan fingerprint density at radius 2 is 1.70 bits per heavy atom. The number of hydrogen-bond donors (Lipinski definition) is 2. The zero-order chi connectivity index (χ0) is 17.4. The van der Waals surface area contributed by atoms with Gasteiger partial charge in [0.15, 0.2) is 0 Å². The van der Waals surface area contributed by atoms with Crippen LogP contribution in [0.5, 0.6) is 0 Å². The molecule has 0 aliphatic rings. The molecule has 1 atom stereocenters. The van der Waals surface area contributed by atoms with Crippen molar-refractivity contribution >= 4 is 23.9 Å². The molecule has 0 amide bonds. The lowest BCUT2D eigenvalue weighted by Gasteiger charge is -2.13. The van der Waals surface area contributed by atoms with Crippen molar-refractivity contribution in [3.63, 3.8) is 0 Å². The molecule has 1 aromatic carbocycles. The summed E-state index contributed by atoms with van der Waals surface area (Å²) >= 11 is 0. The second-order valence-corrected chi connectivity index (χ2v) is 4.37. The number of carboxylic acid groups (broad SMARTS) is 2. The van der Waals surface area contributed by atoms with Gasteiger partial charge in [-0.1, -0.05) is 12.1 Å². The third kappa shape index (κ3) is 6.00. The van der Waals surface area contributed by atoms with Crippen LogP contribution in [0.3, 0.4) is 0 Å². The molecule has 0 saturated carbocycles. The lowest BCUT2D eigenvalue weighted by molar-refractivity contribution is -0.141. The minimum absolute atomic E-state index is 0.121. The predicted octanol–water partition coefficient (Wildman–Crippen LogP) is 1.11. The number of hydrogen-bond acceptors (Lipinski definition) is 6. The van der Waals surface area contributed by atoms with E-state index in [1.54, 1.807) is 0 Å². The van der Waals surface area contributed by atoms with Crippen LogP contribution in [-0.4, -0.2) is 46.8 Å². The lowest BCUT2D eigenvalue weighted by atomic mass is 10.1. The van der Waals surface area contributed by atoms with Gasteiger partial charge in [0, 0.05) is 12.2 Å². The smallest absolute Gasteiger partial charge is 0.339 e. The van der Waals surface area contributed by atoms with Crippen molar-refractivity contribution in [1.82, 2.24) is 0 Å². The number of carboxylic acids is 2. The van der Waals surface area contributed by atoms with E-state index in [1.807, 2.05) is 0 Å². The normalized spacial score (nSPS) is 11.7. The van der Waals surface area contributed by atoms with Gasteiger partial charge in [0.2, 0.25) is 0 Å². The van der Waals surface area contributed by atoms with Gasteiger partial charge < -0.3 is 19.7 Å². The molecule has 0 aromatic heterocycles. The van der Waals surface area contributed by atoms with Crippen molar-refractivity contribution < 1.29 is 38.9 Å². The van der Waals surface area contributed by atoms with Crippen molar-refractivity contribution in [3.8, 4) is 0 Å². The summed E-state index contributed by atoms with van der Waals surface area (Å²) in [6.07, 6.45) is 0.491. The van der Waals surface area contributed by atoms with Crippen molar-refractivity contribution in [2.24, 2.45) is 0 Å². The molecule has 1 unspecified atom stereocenters. The molecular formula is C15H14O8. The van der Waals surface area contributed by atoms with Crippen molar-refractivity contribution in [1.29, 1.82) is 0 Å². The van der Waals surface area contributed by atoms with Gasteiger partial charge in [-0.05, 0) is 19.1 Å². The van der Waals surface area contributed by atoms with Gasteiger partial charge in [-0.15, -0.1) is 0 Å². The number of carbonyl (C=O) groups is 4. The molecule has 0 saturated heterocycles. The summed E-state index contributed by atoms with van der Waals surface area (Å²) in [5.74, 6) is -4.34. The lowest BCUT2D eigenvalue weighted by Crippen LogP contribution is -2.23. The van der Waals surface area contributed by atoms with Gasteiger partial charge in [0.1, 0.15) is 12.7 Å². The molecule has 1 rings (SSSR count). The molecule has 8 heteroatoms. The zero-order valence-electron chi connectivity index (χ0n) is 12.1. The van der Waals surface area contributed by atoms with Crippen molar-refractivity contribution in [2.45, 2.75) is 13.0 Å². The second-order valence-electron chi connectivity index (χ2n) is 4.37. The maximum atomic E-state index is 11.9. The fourth-order valence-electron chi connectivity index (χ4n) is 1.51. The van der Waals surface area contributed by atoms with Crippen LogP contribution in [0.15, 0.2) is 36.4 Å². The van der Waals surface area contributed by atoms with Gasteiger partial charge in [0.25, 0.3) is 0 Å². The summed E-state index contributed by atoms with van der Waals surface area (Å²) < 4.78 is 9.67. The first kappa shape index (κ1) is 17.9. The van der Waals surface area contributed by atoms with E-state index in [1.165, 1.54) is 31.2 Å². The molecule has 23 heavy (non-hydrogen) atoms. The average molecular weight is 322 g/mol. The Hall–Kier alpha value is -3.16. The Morgan fingerprint density at radius 1 is 1.09 bits per heavy atom. The highest BCUT2D eigenvalue weighted by Crippen LogP contribution is 2.11. The first-order chi connectivity index (χ1) is 10.8. The number of rotatable bonds is 7. The standard InChI is InChI=1S/C15H14O8/c1-9(8-22-13(18)7-6-12(16)17)23-15(21)11-5-3-2-4-10(11)14(19)20/h2-7,9H,8H2,1H3,(H,16,17)(H,19,20)/b7-6-. The quantitative estimate of drug-likeness (QED) is 0.564. The molecule has 0 fully saturated rings. The number of aromatic carboxylic acids is 1. The summed E-state index contributed by atoms with van der Waals surface area (Å²) in [6.45, 7) is 1.14. The van der Waals surface area contributed by atoms with E-state index in [4.69, 9.17) is 14.9 Å². The number of esters is 2. The SMILES string of the molecule is CC(COC(=O)/C=C\C(=O)O)OC(=O)c1ccccc1C(=O)O. The van der Waals surface area contributed by atoms with E-state index in [0.717, 1.165) is 6.08 Å². The van der Waals surface area contributed by atoms with Crippen LogP contribution in [0, 0.1) is 0 Å². The second kappa shape index (κ2) is 8.32. The number of aliphatic carboxylic acids is 1. The number of ether oxygens (including phenoxy) is 2. The van der Waals surface area contributed by atoms with Gasteiger partial charge in [-0.3, -0.25) is 0 Å². The minimum Gasteiger partial charge on any atom is -0.478 e. The van der Waals surface area contributed by atoms with Crippen LogP contribution in [0.2, 0.25) is 0 Å². The molecule has 0 heterocycles. The molecule has 0 aliphatic heterocycles. The van der Waals surface area contributed by atoms with Crippen molar-refractivity contribution in [2.75, 3.05) is 6.61 Å². The van der Waals surface area contributed by atoms with Gasteiger partial charge in [0.05, 0.1) is 11.1 Å². The summed E-state index contributed by atoms with van der Waals surface area (Å²) in [5.41, 5.74) is -0.324. The number of benzene rings is 1. The van der Waals surface area contributed by atoms with E-state index in [0.29, 0.717) is 6.08 Å². The predicted molar refractivity (Wildman–Crippen MR) is 76.0 cm³/mol. The topological polar surface area (TPSA) is 127 Å². The first-order valence-corrected chi connectivity index (χ1v) is 6.42. The molecule has 0 aliphatic carbocycles. The third-order valence-corrected chi connectivity index (χ3v) is 2.51. The third-order valence-electron chi connectivity index (χ3n) is 2.51. The summed E-state index contributed by atoms with van der Waals surface area (Å²) in [5, 5.41) is 17.3. The largest absolute Gasteiger partial charge is 0.478 e. The van der Waals surface area contributed by atoms with Crippen LogP contribution in [0.25, 0.3) is 0 Å². The van der Waals surface area contributed by atoms with Crippen LogP contribution in [-0.2, 0) is 19.1 Å². The van der Waals surface area contributed by atoms with E-state index in [9.17, 15) is 19.2 Å². The van der Waals surface area contributed by atoms with Crippen molar-refractivity contribution in [3.05, 3.63) is 47.5 Å². The van der Waals surface area contributed by atoms with E-state index in [2.05, 4.69) is 4.74 Å². The first-order valence-electron chi connectivity index (χ1n) is 6.42.